The van der Waals surface area contributed by atoms with Crippen molar-refractivity contribution in [2.75, 3.05) is 11.5 Å². The topological polar surface area (TPSA) is 57.2 Å². The Morgan fingerprint density at radius 3 is 1.39 bits per heavy atom. The first kappa shape index (κ1) is 28.9. The van der Waals surface area contributed by atoms with E-state index in [1.165, 1.54) is 77.0 Å². The molecule has 8 heteroatoms. The minimum atomic E-state index is -2.17. The average Bonchev–Trinajstić information content (AvgIpc) is 2.69. The normalized spacial score (nSPS) is 14.9. The molecule has 0 bridgehead atoms. The summed E-state index contributed by atoms with van der Waals surface area (Å²) in [6.45, 7) is 8.28. The highest BCUT2D eigenvalue weighted by Crippen LogP contribution is 2.36. The third-order valence-corrected chi connectivity index (χ3v) is 6.76. The van der Waals surface area contributed by atoms with Gasteiger partial charge in [-0.05, 0) is 38.2 Å². The Bertz CT molecular complexity index is 288. The van der Waals surface area contributed by atoms with Gasteiger partial charge in [-0.25, -0.2) is 9.78 Å². The number of thioether (sulfide) groups is 2. The van der Waals surface area contributed by atoms with E-state index >= 15 is 0 Å². The zero-order chi connectivity index (χ0) is 20.9. The molecule has 1 N–H and O–H groups in total. The molecule has 0 radical (unpaired) electrons. The summed E-state index contributed by atoms with van der Waals surface area (Å²) in [7, 11) is -2.17. The Labute approximate surface area is 183 Å². The molecule has 0 fully saturated rings. The van der Waals surface area contributed by atoms with Crippen molar-refractivity contribution in [2.24, 2.45) is 0 Å². The quantitative estimate of drug-likeness (QED) is 0.0580. The van der Waals surface area contributed by atoms with Crippen LogP contribution in [0.2, 0.25) is 0 Å². The van der Waals surface area contributed by atoms with Crippen molar-refractivity contribution in [3.63, 3.8) is 0 Å². The molecule has 0 aromatic rings. The average molecular weight is 459 g/mol. The van der Waals surface area contributed by atoms with Crippen molar-refractivity contribution in [3.05, 3.63) is 0 Å². The van der Waals surface area contributed by atoms with Crippen LogP contribution in [-0.2, 0) is 19.1 Å². The molecule has 0 rings (SSSR count). The molecule has 0 amide bonds. The van der Waals surface area contributed by atoms with E-state index in [-0.39, 0.29) is 10.9 Å². The summed E-state index contributed by atoms with van der Waals surface area (Å²) in [4.78, 5) is 20.0. The van der Waals surface area contributed by atoms with Gasteiger partial charge >= 0.3 is 8.60 Å². The summed E-state index contributed by atoms with van der Waals surface area (Å²) in [6, 6.07) is 0. The van der Waals surface area contributed by atoms with Crippen molar-refractivity contribution in [3.8, 4) is 0 Å². The molecule has 2 atom stereocenters. The number of hydrogen-bond acceptors (Lipinski definition) is 7. The monoisotopic (exact) mass is 458 g/mol. The van der Waals surface area contributed by atoms with Crippen molar-refractivity contribution in [1.82, 2.24) is 0 Å². The molecule has 0 saturated heterocycles. The molecule has 2 unspecified atom stereocenters. The Morgan fingerprint density at radius 1 is 0.643 bits per heavy atom. The standard InChI is InChI=1S/C20H43O5PS2/c1-5-7-9-11-13-15-17-27-19(3)22-24-26(21)25-23-20(4)28-18-16-14-12-10-8-6-2/h19-21H,5-18H2,1-4H3. The van der Waals surface area contributed by atoms with Gasteiger partial charge in [-0.2, -0.15) is 0 Å². The summed E-state index contributed by atoms with van der Waals surface area (Å²) in [6.07, 6.45) is 15.4. The zero-order valence-corrected chi connectivity index (χ0v) is 20.9. The van der Waals surface area contributed by atoms with E-state index in [1.807, 2.05) is 13.8 Å². The number of unbranched alkanes of at least 4 members (excludes halogenated alkanes) is 10. The van der Waals surface area contributed by atoms with Crippen molar-refractivity contribution < 1.29 is 24.0 Å². The Balaban J connectivity index is 3.45. The second kappa shape index (κ2) is 22.6. The first-order valence-electron chi connectivity index (χ1n) is 11.0. The fourth-order valence-electron chi connectivity index (χ4n) is 2.53. The van der Waals surface area contributed by atoms with Crippen LogP contribution in [0.5, 0.6) is 0 Å². The molecule has 0 aromatic carbocycles. The van der Waals surface area contributed by atoms with Gasteiger partial charge in [0, 0.05) is 0 Å². The fourth-order valence-corrected chi connectivity index (χ4v) is 4.67. The smallest absolute Gasteiger partial charge is 0.325 e. The molecule has 0 aromatic heterocycles. The van der Waals surface area contributed by atoms with Crippen molar-refractivity contribution in [1.29, 1.82) is 0 Å². The van der Waals surface area contributed by atoms with Crippen LogP contribution in [0, 0.1) is 0 Å². The van der Waals surface area contributed by atoms with Gasteiger partial charge in [-0.3, -0.25) is 0 Å². The van der Waals surface area contributed by atoms with E-state index in [2.05, 4.69) is 13.8 Å². The zero-order valence-electron chi connectivity index (χ0n) is 18.4. The first-order chi connectivity index (χ1) is 13.6. The highest BCUT2D eigenvalue weighted by Gasteiger charge is 2.15. The number of hydrogen-bond donors (Lipinski definition) is 1. The summed E-state index contributed by atoms with van der Waals surface area (Å²) in [5.41, 5.74) is -0.285. The second-order valence-electron chi connectivity index (χ2n) is 6.99. The molecule has 0 saturated carbocycles. The van der Waals surface area contributed by atoms with Gasteiger partial charge in [0.05, 0.1) is 0 Å². The van der Waals surface area contributed by atoms with E-state index in [0.29, 0.717) is 0 Å². The molecule has 170 valence electrons. The minimum Gasteiger partial charge on any atom is -0.325 e. The molecule has 28 heavy (non-hydrogen) atoms. The lowest BCUT2D eigenvalue weighted by molar-refractivity contribution is -0.273. The molecule has 0 aliphatic heterocycles. The van der Waals surface area contributed by atoms with Gasteiger partial charge in [0.1, 0.15) is 10.9 Å². The van der Waals surface area contributed by atoms with Crippen LogP contribution in [0.15, 0.2) is 0 Å². The van der Waals surface area contributed by atoms with Crippen LogP contribution in [0.4, 0.5) is 0 Å². The third-order valence-electron chi connectivity index (χ3n) is 4.19. The van der Waals surface area contributed by atoms with Crippen molar-refractivity contribution >= 4 is 32.1 Å². The maximum absolute atomic E-state index is 9.68. The molecule has 0 heterocycles. The van der Waals surface area contributed by atoms with Crippen LogP contribution in [0.3, 0.4) is 0 Å². The lowest BCUT2D eigenvalue weighted by atomic mass is 10.1. The van der Waals surface area contributed by atoms with E-state index in [1.54, 1.807) is 23.5 Å². The molecule has 0 aliphatic carbocycles. The molecule has 0 spiro atoms. The lowest BCUT2D eigenvalue weighted by Crippen LogP contribution is -2.07. The fraction of sp³-hybridized carbons (Fsp3) is 1.00. The molecule has 0 aliphatic rings. The minimum absolute atomic E-state index is 0.143. The van der Waals surface area contributed by atoms with Gasteiger partial charge in [-0.1, -0.05) is 78.1 Å². The first-order valence-corrected chi connectivity index (χ1v) is 14.2. The van der Waals surface area contributed by atoms with E-state index in [9.17, 15) is 4.89 Å². The SMILES string of the molecule is CCCCCCCCSC(C)OOP(O)OOC(C)SCCCCCCCC. The highest BCUT2D eigenvalue weighted by atomic mass is 32.2. The van der Waals surface area contributed by atoms with Crippen LogP contribution in [-0.4, -0.2) is 27.3 Å². The molecular weight excluding hydrogens is 415 g/mol. The lowest BCUT2D eigenvalue weighted by Gasteiger charge is -2.15. The Kier molecular flexibility index (Phi) is 23.4. The molecule has 5 nitrogen and oxygen atoms in total. The predicted octanol–water partition coefficient (Wildman–Crippen LogP) is 7.98. The van der Waals surface area contributed by atoms with Crippen LogP contribution >= 0.6 is 32.1 Å². The van der Waals surface area contributed by atoms with Crippen LogP contribution in [0.25, 0.3) is 0 Å². The van der Waals surface area contributed by atoms with Gasteiger partial charge < -0.3 is 4.89 Å². The largest absolute Gasteiger partial charge is 0.389 e. The summed E-state index contributed by atoms with van der Waals surface area (Å²) in [5.74, 6) is 2.06. The summed E-state index contributed by atoms with van der Waals surface area (Å²) >= 11 is 3.36. The highest BCUT2D eigenvalue weighted by molar-refractivity contribution is 7.99. The molecular formula is C20H43O5PS2. The summed E-state index contributed by atoms with van der Waals surface area (Å²) in [5, 5.41) is 0. The van der Waals surface area contributed by atoms with E-state index < -0.39 is 8.60 Å². The van der Waals surface area contributed by atoms with Crippen molar-refractivity contribution in [2.45, 2.75) is 116 Å². The third kappa shape index (κ3) is 21.6. The predicted molar refractivity (Wildman–Crippen MR) is 124 cm³/mol. The Hall–Kier alpha value is 0.930. The van der Waals surface area contributed by atoms with Gasteiger partial charge in [-0.15, -0.1) is 32.9 Å². The Morgan fingerprint density at radius 2 is 1.00 bits per heavy atom. The van der Waals surface area contributed by atoms with Crippen LogP contribution < -0.4 is 0 Å². The van der Waals surface area contributed by atoms with E-state index in [4.69, 9.17) is 19.1 Å². The maximum Gasteiger partial charge on any atom is 0.389 e. The van der Waals surface area contributed by atoms with Gasteiger partial charge in [0.25, 0.3) is 0 Å². The van der Waals surface area contributed by atoms with Gasteiger partial charge in [0.15, 0.2) is 0 Å². The summed E-state index contributed by atoms with van der Waals surface area (Å²) < 4.78 is 9.78. The van der Waals surface area contributed by atoms with E-state index in [0.717, 1.165) is 11.5 Å². The van der Waals surface area contributed by atoms with Gasteiger partial charge in [0.2, 0.25) is 0 Å². The number of rotatable bonds is 22. The van der Waals surface area contributed by atoms with Crippen LogP contribution in [0.1, 0.15) is 105 Å². The maximum atomic E-state index is 9.68. The second-order valence-corrected chi connectivity index (χ2v) is 10.6.